The Morgan fingerprint density at radius 3 is 2.38 bits per heavy atom. The van der Waals surface area contributed by atoms with Crippen molar-refractivity contribution in [1.82, 2.24) is 0 Å². The van der Waals surface area contributed by atoms with Gasteiger partial charge in [0, 0.05) is 10.8 Å². The van der Waals surface area contributed by atoms with Crippen LogP contribution in [0.4, 0.5) is 0 Å². The molecule has 110 valence electrons. The predicted molar refractivity (Wildman–Crippen MR) is 88.7 cm³/mol. The molecule has 21 heavy (non-hydrogen) atoms. The first-order chi connectivity index (χ1) is 10.3. The lowest BCUT2D eigenvalue weighted by Gasteiger charge is -2.01. The molecular weight excluding hydrogens is 280 g/mol. The van der Waals surface area contributed by atoms with Crippen LogP contribution in [0, 0.1) is 0 Å². The zero-order chi connectivity index (χ0) is 14.9. The van der Waals surface area contributed by atoms with Crippen LogP contribution in [0.25, 0.3) is 0 Å². The minimum atomic E-state index is -0.959. The fourth-order valence-corrected chi connectivity index (χ4v) is 2.97. The Hall–Kier alpha value is -1.87. The number of ether oxygens (including phenoxy) is 1. The molecule has 3 heteroatoms. The minimum Gasteiger partial charge on any atom is -0.497 e. The Morgan fingerprint density at radius 1 is 1.00 bits per heavy atom. The second kappa shape index (κ2) is 8.42. The van der Waals surface area contributed by atoms with E-state index in [9.17, 15) is 4.21 Å². The van der Waals surface area contributed by atoms with Crippen molar-refractivity contribution in [2.75, 3.05) is 7.11 Å². The van der Waals surface area contributed by atoms with Gasteiger partial charge in [0.25, 0.3) is 0 Å². The molecule has 0 amide bonds. The van der Waals surface area contributed by atoms with Crippen LogP contribution in [-0.4, -0.2) is 11.3 Å². The molecular formula is C18H20O2S. The molecule has 2 aromatic carbocycles. The lowest BCUT2D eigenvalue weighted by atomic mass is 10.1. The maximum absolute atomic E-state index is 12.0. The lowest BCUT2D eigenvalue weighted by molar-refractivity contribution is 0.414. The normalized spacial score (nSPS) is 12.4. The van der Waals surface area contributed by atoms with E-state index in [-0.39, 0.29) is 0 Å². The Kier molecular flexibility index (Phi) is 6.22. The molecule has 0 radical (unpaired) electrons. The molecule has 0 N–H and O–H groups in total. The number of rotatable bonds is 7. The maximum atomic E-state index is 12.0. The van der Waals surface area contributed by atoms with Crippen LogP contribution in [0.2, 0.25) is 0 Å². The zero-order valence-electron chi connectivity index (χ0n) is 12.2. The highest BCUT2D eigenvalue weighted by Gasteiger charge is 1.99. The van der Waals surface area contributed by atoms with Crippen molar-refractivity contribution in [1.29, 1.82) is 0 Å². The SMILES string of the molecule is COc1ccc(CS(=O)/C=C/CCc2ccccc2)cc1. The summed E-state index contributed by atoms with van der Waals surface area (Å²) >= 11 is 0. The van der Waals surface area contributed by atoms with Gasteiger partial charge in [0.1, 0.15) is 5.75 Å². The molecule has 2 nitrogen and oxygen atoms in total. The van der Waals surface area contributed by atoms with Gasteiger partial charge in [-0.3, -0.25) is 4.21 Å². The summed E-state index contributed by atoms with van der Waals surface area (Å²) in [6.07, 6.45) is 3.90. The molecule has 1 atom stereocenters. The molecule has 0 saturated heterocycles. The topological polar surface area (TPSA) is 26.3 Å². The van der Waals surface area contributed by atoms with Gasteiger partial charge in [-0.15, -0.1) is 0 Å². The Labute approximate surface area is 128 Å². The fraction of sp³-hybridized carbons (Fsp3) is 0.222. The van der Waals surface area contributed by atoms with Crippen LogP contribution < -0.4 is 4.74 Å². The van der Waals surface area contributed by atoms with E-state index in [0.29, 0.717) is 5.75 Å². The van der Waals surface area contributed by atoms with E-state index in [1.54, 1.807) is 12.5 Å². The van der Waals surface area contributed by atoms with Gasteiger partial charge in [-0.2, -0.15) is 0 Å². The van der Waals surface area contributed by atoms with Gasteiger partial charge in [0.2, 0.25) is 0 Å². The average molecular weight is 300 g/mol. The average Bonchev–Trinajstić information content (AvgIpc) is 2.53. The second-order valence-corrected chi connectivity index (χ2v) is 6.09. The monoisotopic (exact) mass is 300 g/mol. The third kappa shape index (κ3) is 5.56. The summed E-state index contributed by atoms with van der Waals surface area (Å²) < 4.78 is 17.1. The number of benzene rings is 2. The number of hydrogen-bond acceptors (Lipinski definition) is 2. The van der Waals surface area contributed by atoms with Crippen molar-refractivity contribution in [3.8, 4) is 5.75 Å². The maximum Gasteiger partial charge on any atom is 0.118 e. The Morgan fingerprint density at radius 2 is 1.71 bits per heavy atom. The van der Waals surface area contributed by atoms with Crippen LogP contribution in [0.3, 0.4) is 0 Å². The van der Waals surface area contributed by atoms with E-state index in [1.807, 2.05) is 48.5 Å². The summed E-state index contributed by atoms with van der Waals surface area (Å²) in [7, 11) is 0.683. The molecule has 0 aliphatic rings. The first-order valence-electron chi connectivity index (χ1n) is 6.98. The molecule has 0 aromatic heterocycles. The van der Waals surface area contributed by atoms with Gasteiger partial charge in [-0.25, -0.2) is 0 Å². The molecule has 1 unspecified atom stereocenters. The predicted octanol–water partition coefficient (Wildman–Crippen LogP) is 4.09. The summed E-state index contributed by atoms with van der Waals surface area (Å²) in [5.41, 5.74) is 2.37. The standard InChI is InChI=1S/C18H20O2S/c1-20-18-12-10-17(11-13-18)15-21(19)14-6-5-9-16-7-3-2-4-8-16/h2-4,6-8,10-14H,5,9,15H2,1H3/b14-6+. The molecule has 0 aliphatic heterocycles. The zero-order valence-corrected chi connectivity index (χ0v) is 13.0. The molecule has 0 bridgehead atoms. The summed E-state index contributed by atoms with van der Waals surface area (Å²) in [5.74, 6) is 1.37. The molecule has 0 aliphatic carbocycles. The number of hydrogen-bond donors (Lipinski definition) is 0. The highest BCUT2D eigenvalue weighted by Crippen LogP contribution is 2.13. The van der Waals surface area contributed by atoms with Crippen LogP contribution in [0.1, 0.15) is 17.5 Å². The number of aryl methyl sites for hydroxylation is 1. The van der Waals surface area contributed by atoms with E-state index in [1.165, 1.54) is 5.56 Å². The first kappa shape index (κ1) is 15.5. The quantitative estimate of drug-likeness (QED) is 0.770. The molecule has 0 spiro atoms. The van der Waals surface area contributed by atoms with Crippen LogP contribution >= 0.6 is 0 Å². The molecule has 2 aromatic rings. The fourth-order valence-electron chi connectivity index (χ4n) is 2.00. The van der Waals surface area contributed by atoms with Gasteiger partial charge in [0.05, 0.1) is 12.9 Å². The van der Waals surface area contributed by atoms with Crippen LogP contribution in [0.15, 0.2) is 66.1 Å². The van der Waals surface area contributed by atoms with Crippen LogP contribution in [0.5, 0.6) is 5.75 Å². The van der Waals surface area contributed by atoms with Gasteiger partial charge >= 0.3 is 0 Å². The van der Waals surface area contributed by atoms with Gasteiger partial charge in [-0.05, 0) is 41.5 Å². The van der Waals surface area contributed by atoms with E-state index in [2.05, 4.69) is 12.1 Å². The summed E-state index contributed by atoms with van der Waals surface area (Å²) in [6.45, 7) is 0. The third-order valence-electron chi connectivity index (χ3n) is 3.16. The molecule has 2 rings (SSSR count). The van der Waals surface area contributed by atoms with Crippen molar-refractivity contribution < 1.29 is 8.95 Å². The molecule has 0 heterocycles. The van der Waals surface area contributed by atoms with Gasteiger partial charge in [0.15, 0.2) is 0 Å². The van der Waals surface area contributed by atoms with E-state index in [4.69, 9.17) is 4.74 Å². The Bertz CT molecular complexity index is 588. The van der Waals surface area contributed by atoms with Crippen LogP contribution in [-0.2, 0) is 23.0 Å². The van der Waals surface area contributed by atoms with Gasteiger partial charge < -0.3 is 4.74 Å². The highest BCUT2D eigenvalue weighted by atomic mass is 32.2. The van der Waals surface area contributed by atoms with E-state index >= 15 is 0 Å². The number of allylic oxidation sites excluding steroid dienone is 1. The smallest absolute Gasteiger partial charge is 0.118 e. The van der Waals surface area contributed by atoms with Crippen molar-refractivity contribution in [2.24, 2.45) is 0 Å². The largest absolute Gasteiger partial charge is 0.497 e. The Balaban J connectivity index is 1.77. The summed E-state index contributed by atoms with van der Waals surface area (Å²) in [4.78, 5) is 0. The van der Waals surface area contributed by atoms with Crippen molar-refractivity contribution in [3.63, 3.8) is 0 Å². The van der Waals surface area contributed by atoms with Crippen molar-refractivity contribution in [2.45, 2.75) is 18.6 Å². The molecule has 0 saturated carbocycles. The van der Waals surface area contributed by atoms with E-state index in [0.717, 1.165) is 24.2 Å². The molecule has 0 fully saturated rings. The number of methoxy groups -OCH3 is 1. The minimum absolute atomic E-state index is 0.547. The van der Waals surface area contributed by atoms with E-state index < -0.39 is 10.8 Å². The summed E-state index contributed by atoms with van der Waals surface area (Å²) in [6, 6.07) is 18.0. The first-order valence-corrected chi connectivity index (χ1v) is 8.37. The highest BCUT2D eigenvalue weighted by molar-refractivity contribution is 7.87. The second-order valence-electron chi connectivity index (χ2n) is 4.77. The van der Waals surface area contributed by atoms with Crippen molar-refractivity contribution >= 4 is 10.8 Å². The van der Waals surface area contributed by atoms with Crippen molar-refractivity contribution in [3.05, 3.63) is 77.2 Å². The van der Waals surface area contributed by atoms with Gasteiger partial charge in [-0.1, -0.05) is 48.5 Å². The third-order valence-corrected chi connectivity index (χ3v) is 4.27. The lowest BCUT2D eigenvalue weighted by Crippen LogP contribution is -1.92. The summed E-state index contributed by atoms with van der Waals surface area (Å²) in [5, 5.41) is 1.80.